The van der Waals surface area contributed by atoms with Gasteiger partial charge in [0.2, 0.25) is 0 Å². The van der Waals surface area contributed by atoms with Crippen molar-refractivity contribution in [3.8, 4) is 0 Å². The molecule has 2 N–H and O–H groups in total. The van der Waals surface area contributed by atoms with Crippen LogP contribution >= 0.6 is 0 Å². The van der Waals surface area contributed by atoms with Gasteiger partial charge in [-0.05, 0) is 43.9 Å². The van der Waals surface area contributed by atoms with Crippen LogP contribution in [-0.4, -0.2) is 68.1 Å². The van der Waals surface area contributed by atoms with Crippen molar-refractivity contribution in [2.24, 2.45) is 5.92 Å². The van der Waals surface area contributed by atoms with E-state index in [0.29, 0.717) is 23.7 Å². The number of hydrogen-bond donors (Lipinski definition) is 2. The molecule has 2 heterocycles. The van der Waals surface area contributed by atoms with Crippen LogP contribution in [0.5, 0.6) is 0 Å². The number of nitro benzene ring substituents is 1. The molecule has 154 valence electrons. The first kappa shape index (κ1) is 20.5. The Kier molecular flexibility index (Phi) is 7.22. The Balaban J connectivity index is 1.56. The van der Waals surface area contributed by atoms with Crippen LogP contribution in [0.15, 0.2) is 18.2 Å². The van der Waals surface area contributed by atoms with Gasteiger partial charge in [0.05, 0.1) is 4.92 Å². The average Bonchev–Trinajstić information content (AvgIpc) is 2.72. The molecule has 0 saturated carbocycles. The molecule has 0 aromatic heterocycles. The van der Waals surface area contributed by atoms with E-state index in [0.717, 1.165) is 65.1 Å². The van der Waals surface area contributed by atoms with Crippen LogP contribution in [0.25, 0.3) is 0 Å². The van der Waals surface area contributed by atoms with Gasteiger partial charge in [-0.15, -0.1) is 0 Å². The van der Waals surface area contributed by atoms with Crippen molar-refractivity contribution in [2.75, 3.05) is 57.3 Å². The number of piperidine rings is 1. The van der Waals surface area contributed by atoms with E-state index >= 15 is 0 Å². The zero-order valence-corrected chi connectivity index (χ0v) is 16.7. The standard InChI is InChI=1S/C20H31N5O3/c1-16-5-11-24(12-6-16)18-4-3-17(15-19(18)25(27)28)20(26)22-7-2-10-23-13-8-21-9-14-23/h3-4,15-16,21H,2,5-14H2,1H3,(H,22,26). The summed E-state index contributed by atoms with van der Waals surface area (Å²) in [6, 6.07) is 4.84. The van der Waals surface area contributed by atoms with E-state index in [1.54, 1.807) is 12.1 Å². The van der Waals surface area contributed by atoms with Gasteiger partial charge in [0.15, 0.2) is 0 Å². The predicted molar refractivity (Wildman–Crippen MR) is 110 cm³/mol. The highest BCUT2D eigenvalue weighted by atomic mass is 16.6. The number of nitro groups is 1. The molecule has 2 aliphatic heterocycles. The van der Waals surface area contributed by atoms with Crippen molar-refractivity contribution < 1.29 is 9.72 Å². The first-order valence-corrected chi connectivity index (χ1v) is 10.3. The third-order valence-corrected chi connectivity index (χ3v) is 5.70. The summed E-state index contributed by atoms with van der Waals surface area (Å²) in [5.74, 6) is 0.406. The third kappa shape index (κ3) is 5.42. The summed E-state index contributed by atoms with van der Waals surface area (Å²) in [6.45, 7) is 9.47. The maximum absolute atomic E-state index is 12.4. The quantitative estimate of drug-likeness (QED) is 0.420. The molecule has 0 spiro atoms. The average molecular weight is 390 g/mol. The van der Waals surface area contributed by atoms with E-state index < -0.39 is 0 Å². The molecule has 8 nitrogen and oxygen atoms in total. The molecule has 0 atom stereocenters. The molecular formula is C20H31N5O3. The maximum Gasteiger partial charge on any atom is 0.293 e. The fraction of sp³-hybridized carbons (Fsp3) is 0.650. The van der Waals surface area contributed by atoms with Crippen LogP contribution in [0, 0.1) is 16.0 Å². The van der Waals surface area contributed by atoms with E-state index in [4.69, 9.17) is 0 Å². The van der Waals surface area contributed by atoms with Gasteiger partial charge >= 0.3 is 0 Å². The molecule has 2 aliphatic rings. The minimum absolute atomic E-state index is 0.0167. The molecule has 8 heteroatoms. The molecule has 1 aromatic carbocycles. The smallest absolute Gasteiger partial charge is 0.293 e. The van der Waals surface area contributed by atoms with Crippen LogP contribution < -0.4 is 15.5 Å². The summed E-state index contributed by atoms with van der Waals surface area (Å²) in [6.07, 6.45) is 2.94. The number of carbonyl (C=O) groups is 1. The highest BCUT2D eigenvalue weighted by Gasteiger charge is 2.24. The number of nitrogens with zero attached hydrogens (tertiary/aromatic N) is 3. The Morgan fingerprint density at radius 3 is 2.64 bits per heavy atom. The van der Waals surface area contributed by atoms with E-state index in [1.807, 2.05) is 0 Å². The zero-order chi connectivity index (χ0) is 19.9. The van der Waals surface area contributed by atoms with Gasteiger partial charge in [0.1, 0.15) is 5.69 Å². The molecular weight excluding hydrogens is 358 g/mol. The van der Waals surface area contributed by atoms with Gasteiger partial charge in [-0.2, -0.15) is 0 Å². The molecule has 2 fully saturated rings. The SMILES string of the molecule is CC1CCN(c2ccc(C(=O)NCCCN3CCNCC3)cc2[N+](=O)[O-])CC1. The van der Waals surface area contributed by atoms with E-state index in [1.165, 1.54) is 6.07 Å². The summed E-state index contributed by atoms with van der Waals surface area (Å²) >= 11 is 0. The lowest BCUT2D eigenvalue weighted by Gasteiger charge is -2.31. The van der Waals surface area contributed by atoms with E-state index in [-0.39, 0.29) is 16.5 Å². The molecule has 1 aromatic rings. The van der Waals surface area contributed by atoms with Gasteiger partial charge in [-0.1, -0.05) is 6.92 Å². The van der Waals surface area contributed by atoms with Crippen LogP contribution in [0.3, 0.4) is 0 Å². The molecule has 2 saturated heterocycles. The van der Waals surface area contributed by atoms with Gasteiger partial charge < -0.3 is 20.4 Å². The number of benzene rings is 1. The number of nitrogens with one attached hydrogen (secondary N) is 2. The largest absolute Gasteiger partial charge is 0.366 e. The summed E-state index contributed by atoms with van der Waals surface area (Å²) in [5, 5.41) is 17.8. The predicted octanol–water partition coefficient (Wildman–Crippen LogP) is 1.86. The molecule has 28 heavy (non-hydrogen) atoms. The second-order valence-electron chi connectivity index (χ2n) is 7.83. The summed E-state index contributed by atoms with van der Waals surface area (Å²) in [5.41, 5.74) is 0.984. The Bertz CT molecular complexity index is 682. The number of rotatable bonds is 7. The Morgan fingerprint density at radius 2 is 1.96 bits per heavy atom. The van der Waals surface area contributed by atoms with Gasteiger partial charge in [0.25, 0.3) is 11.6 Å². The van der Waals surface area contributed by atoms with Gasteiger partial charge in [-0.3, -0.25) is 14.9 Å². The lowest BCUT2D eigenvalue weighted by molar-refractivity contribution is -0.384. The van der Waals surface area contributed by atoms with Crippen molar-refractivity contribution in [3.63, 3.8) is 0 Å². The minimum Gasteiger partial charge on any atom is -0.366 e. The zero-order valence-electron chi connectivity index (χ0n) is 16.7. The summed E-state index contributed by atoms with van der Waals surface area (Å²) in [4.78, 5) is 28.1. The normalized spacial score (nSPS) is 18.8. The first-order valence-electron chi connectivity index (χ1n) is 10.3. The fourth-order valence-electron chi connectivity index (χ4n) is 3.87. The summed E-state index contributed by atoms with van der Waals surface area (Å²) in [7, 11) is 0. The molecule has 3 rings (SSSR count). The third-order valence-electron chi connectivity index (χ3n) is 5.70. The Hall–Kier alpha value is -2.19. The Morgan fingerprint density at radius 1 is 1.25 bits per heavy atom. The lowest BCUT2D eigenvalue weighted by Crippen LogP contribution is -2.44. The van der Waals surface area contributed by atoms with Crippen molar-refractivity contribution in [1.29, 1.82) is 0 Å². The van der Waals surface area contributed by atoms with E-state index in [2.05, 4.69) is 27.4 Å². The molecule has 0 bridgehead atoms. The fourth-order valence-corrected chi connectivity index (χ4v) is 3.87. The van der Waals surface area contributed by atoms with Crippen LogP contribution in [0.1, 0.15) is 36.5 Å². The minimum atomic E-state index is -0.380. The number of hydrogen-bond acceptors (Lipinski definition) is 6. The van der Waals surface area contributed by atoms with Gasteiger partial charge in [0, 0.05) is 57.4 Å². The maximum atomic E-state index is 12.4. The molecule has 0 unspecified atom stereocenters. The topological polar surface area (TPSA) is 90.8 Å². The van der Waals surface area contributed by atoms with Crippen LogP contribution in [0.4, 0.5) is 11.4 Å². The van der Waals surface area contributed by atoms with Crippen molar-refractivity contribution in [3.05, 3.63) is 33.9 Å². The first-order chi connectivity index (χ1) is 13.5. The number of amides is 1. The van der Waals surface area contributed by atoms with Crippen LogP contribution in [0.2, 0.25) is 0 Å². The summed E-state index contributed by atoms with van der Waals surface area (Å²) < 4.78 is 0. The van der Waals surface area contributed by atoms with Gasteiger partial charge in [-0.25, -0.2) is 0 Å². The second kappa shape index (κ2) is 9.84. The Labute approximate surface area is 166 Å². The molecule has 1 amide bonds. The lowest BCUT2D eigenvalue weighted by atomic mass is 9.98. The van der Waals surface area contributed by atoms with Crippen molar-refractivity contribution in [2.45, 2.75) is 26.2 Å². The van der Waals surface area contributed by atoms with Crippen molar-refractivity contribution in [1.82, 2.24) is 15.5 Å². The number of anilines is 1. The van der Waals surface area contributed by atoms with Crippen molar-refractivity contribution >= 4 is 17.3 Å². The second-order valence-corrected chi connectivity index (χ2v) is 7.83. The highest BCUT2D eigenvalue weighted by Crippen LogP contribution is 2.32. The van der Waals surface area contributed by atoms with E-state index in [9.17, 15) is 14.9 Å². The molecule has 0 aliphatic carbocycles. The number of carbonyl (C=O) groups excluding carboxylic acids is 1. The number of piperazine rings is 1. The van der Waals surface area contributed by atoms with Crippen LogP contribution in [-0.2, 0) is 0 Å². The monoisotopic (exact) mass is 389 g/mol. The molecule has 0 radical (unpaired) electrons. The highest BCUT2D eigenvalue weighted by molar-refractivity contribution is 5.95.